The third kappa shape index (κ3) is 4.19. The lowest BCUT2D eigenvalue weighted by molar-refractivity contribution is -0.0758. The fourth-order valence-electron chi connectivity index (χ4n) is 4.02. The van der Waals surface area contributed by atoms with E-state index in [-0.39, 0.29) is 6.04 Å². The molecule has 3 aromatic carbocycles. The van der Waals surface area contributed by atoms with Crippen molar-refractivity contribution in [3.63, 3.8) is 0 Å². The van der Waals surface area contributed by atoms with Crippen molar-refractivity contribution in [2.45, 2.75) is 39.0 Å². The molecule has 0 radical (unpaired) electrons. The zero-order valence-corrected chi connectivity index (χ0v) is 17.6. The number of hydrogen-bond donors (Lipinski definition) is 0. The lowest BCUT2D eigenvalue weighted by Gasteiger charge is -2.43. The quantitative estimate of drug-likeness (QED) is 0.526. The Hall–Kier alpha value is -2.42. The van der Waals surface area contributed by atoms with Gasteiger partial charge in [0.2, 0.25) is 0 Å². The molecule has 0 amide bonds. The molecule has 0 bridgehead atoms. The minimum absolute atomic E-state index is 0.142. The highest BCUT2D eigenvalue weighted by Gasteiger charge is 2.42. The Morgan fingerprint density at radius 2 is 1.25 bits per heavy atom. The second kappa shape index (κ2) is 8.72. The summed E-state index contributed by atoms with van der Waals surface area (Å²) in [7, 11) is 4.23. The molecule has 146 valence electrons. The van der Waals surface area contributed by atoms with Crippen LogP contribution in [0.15, 0.2) is 78.9 Å². The first-order valence-electron chi connectivity index (χ1n) is 9.92. The van der Waals surface area contributed by atoms with Crippen molar-refractivity contribution in [2.24, 2.45) is 0 Å². The van der Waals surface area contributed by atoms with Crippen molar-refractivity contribution in [2.75, 3.05) is 14.1 Å². The van der Waals surface area contributed by atoms with E-state index in [2.05, 4.69) is 119 Å². The average Bonchev–Trinajstić information content (AvgIpc) is 2.69. The van der Waals surface area contributed by atoms with Gasteiger partial charge < -0.3 is 9.64 Å². The SMILES string of the molecule is Cc1cc(C)cc(COC(c2ccccc2)(c2ccccc2)[C@@H](C)N(C)C)c1. The molecule has 0 spiro atoms. The van der Waals surface area contributed by atoms with Crippen molar-refractivity contribution in [3.8, 4) is 0 Å². The predicted octanol–water partition coefficient (Wildman–Crippen LogP) is 5.71. The lowest BCUT2D eigenvalue weighted by atomic mass is 9.80. The van der Waals surface area contributed by atoms with Crippen LogP contribution < -0.4 is 0 Å². The average molecular weight is 374 g/mol. The van der Waals surface area contributed by atoms with E-state index < -0.39 is 5.60 Å². The van der Waals surface area contributed by atoms with Crippen LogP contribution in [-0.4, -0.2) is 25.0 Å². The molecular formula is C26H31NO. The Morgan fingerprint density at radius 1 is 0.786 bits per heavy atom. The monoisotopic (exact) mass is 373 g/mol. The molecule has 2 nitrogen and oxygen atoms in total. The third-order valence-electron chi connectivity index (χ3n) is 5.52. The van der Waals surface area contributed by atoms with Crippen LogP contribution in [0.4, 0.5) is 0 Å². The molecule has 0 aliphatic rings. The molecule has 0 aliphatic heterocycles. The van der Waals surface area contributed by atoms with Crippen molar-refractivity contribution in [1.29, 1.82) is 0 Å². The Labute approximate surface area is 169 Å². The molecule has 0 N–H and O–H groups in total. The van der Waals surface area contributed by atoms with E-state index in [0.29, 0.717) is 6.61 Å². The third-order valence-corrected chi connectivity index (χ3v) is 5.52. The van der Waals surface area contributed by atoms with Crippen LogP contribution in [0.25, 0.3) is 0 Å². The van der Waals surface area contributed by atoms with Gasteiger partial charge in [0.1, 0.15) is 5.60 Å². The van der Waals surface area contributed by atoms with Crippen molar-refractivity contribution >= 4 is 0 Å². The number of aryl methyl sites for hydroxylation is 2. The number of rotatable bonds is 7. The van der Waals surface area contributed by atoms with Gasteiger partial charge in [-0.2, -0.15) is 0 Å². The summed E-state index contributed by atoms with van der Waals surface area (Å²) in [5, 5.41) is 0. The van der Waals surface area contributed by atoms with E-state index in [9.17, 15) is 0 Å². The van der Waals surface area contributed by atoms with Gasteiger partial charge in [-0.3, -0.25) is 0 Å². The van der Waals surface area contributed by atoms with Crippen molar-refractivity contribution < 1.29 is 4.74 Å². The van der Waals surface area contributed by atoms with E-state index in [1.54, 1.807) is 0 Å². The first-order chi connectivity index (χ1) is 13.4. The second-order valence-electron chi connectivity index (χ2n) is 7.89. The summed E-state index contributed by atoms with van der Waals surface area (Å²) in [5.74, 6) is 0. The number of hydrogen-bond acceptors (Lipinski definition) is 2. The van der Waals surface area contributed by atoms with Crippen LogP contribution >= 0.6 is 0 Å². The summed E-state index contributed by atoms with van der Waals surface area (Å²) in [6, 6.07) is 28.0. The summed E-state index contributed by atoms with van der Waals surface area (Å²) in [6.45, 7) is 7.08. The Balaban J connectivity index is 2.11. The maximum absolute atomic E-state index is 6.88. The van der Waals surface area contributed by atoms with Gasteiger partial charge >= 0.3 is 0 Å². The molecule has 0 heterocycles. The van der Waals surface area contributed by atoms with Crippen LogP contribution in [0.3, 0.4) is 0 Å². The molecule has 28 heavy (non-hydrogen) atoms. The van der Waals surface area contributed by atoms with E-state index in [1.807, 2.05) is 0 Å². The zero-order valence-electron chi connectivity index (χ0n) is 17.6. The molecule has 0 saturated carbocycles. The molecule has 2 heteroatoms. The summed E-state index contributed by atoms with van der Waals surface area (Å²) < 4.78 is 6.88. The standard InChI is InChI=1S/C26H31NO/c1-20-16-21(2)18-23(17-20)19-28-26(22(3)27(4)5,24-12-8-6-9-13-24)25-14-10-7-11-15-25/h6-18,22H,19H2,1-5H3/t22-/m1/s1. The summed E-state index contributed by atoms with van der Waals surface area (Å²) in [6.07, 6.45) is 0. The summed E-state index contributed by atoms with van der Waals surface area (Å²) >= 11 is 0. The summed E-state index contributed by atoms with van der Waals surface area (Å²) in [4.78, 5) is 2.24. The number of benzene rings is 3. The Bertz CT molecular complexity index is 827. The van der Waals surface area contributed by atoms with Gasteiger partial charge in [-0.05, 0) is 51.6 Å². The normalized spacial score (nSPS) is 12.9. The van der Waals surface area contributed by atoms with Crippen LogP contribution in [0.1, 0.15) is 34.7 Å². The van der Waals surface area contributed by atoms with Crippen LogP contribution in [0.5, 0.6) is 0 Å². The van der Waals surface area contributed by atoms with Gasteiger partial charge in [0, 0.05) is 6.04 Å². The van der Waals surface area contributed by atoms with Crippen molar-refractivity contribution in [1.82, 2.24) is 4.90 Å². The first-order valence-corrected chi connectivity index (χ1v) is 9.92. The highest BCUT2D eigenvalue weighted by molar-refractivity contribution is 5.39. The molecule has 0 aromatic heterocycles. The maximum Gasteiger partial charge on any atom is 0.134 e. The number of nitrogens with zero attached hydrogens (tertiary/aromatic N) is 1. The largest absolute Gasteiger partial charge is 0.359 e. The highest BCUT2D eigenvalue weighted by Crippen LogP contribution is 2.39. The van der Waals surface area contributed by atoms with Gasteiger partial charge in [0.15, 0.2) is 0 Å². The van der Waals surface area contributed by atoms with Crippen LogP contribution in [0.2, 0.25) is 0 Å². The number of likely N-dealkylation sites (N-methyl/N-ethyl adjacent to an activating group) is 1. The smallest absolute Gasteiger partial charge is 0.134 e. The second-order valence-corrected chi connectivity index (χ2v) is 7.89. The lowest BCUT2D eigenvalue weighted by Crippen LogP contribution is -2.48. The zero-order chi connectivity index (χ0) is 20.1. The van der Waals surface area contributed by atoms with Gasteiger partial charge in [0.05, 0.1) is 6.61 Å². The first kappa shape index (κ1) is 20.3. The topological polar surface area (TPSA) is 12.5 Å². The molecular weight excluding hydrogens is 342 g/mol. The van der Waals surface area contributed by atoms with Crippen molar-refractivity contribution in [3.05, 3.63) is 107 Å². The summed E-state index contributed by atoms with van der Waals surface area (Å²) in [5.41, 5.74) is 5.52. The fraction of sp³-hybridized carbons (Fsp3) is 0.308. The predicted molar refractivity (Wildman–Crippen MR) is 118 cm³/mol. The minimum atomic E-state index is -0.566. The maximum atomic E-state index is 6.88. The van der Waals surface area contributed by atoms with E-state index in [0.717, 1.165) is 0 Å². The van der Waals surface area contributed by atoms with Gasteiger partial charge in [-0.25, -0.2) is 0 Å². The van der Waals surface area contributed by atoms with E-state index in [4.69, 9.17) is 4.74 Å². The molecule has 1 atom stereocenters. The molecule has 0 aliphatic carbocycles. The Kier molecular flexibility index (Phi) is 6.33. The van der Waals surface area contributed by atoms with Gasteiger partial charge in [-0.1, -0.05) is 90.0 Å². The van der Waals surface area contributed by atoms with E-state index >= 15 is 0 Å². The minimum Gasteiger partial charge on any atom is -0.359 e. The molecule has 0 unspecified atom stereocenters. The van der Waals surface area contributed by atoms with Crippen LogP contribution in [-0.2, 0) is 16.9 Å². The fourth-order valence-corrected chi connectivity index (χ4v) is 4.02. The van der Waals surface area contributed by atoms with E-state index in [1.165, 1.54) is 27.8 Å². The van der Waals surface area contributed by atoms with Crippen LogP contribution in [0, 0.1) is 13.8 Å². The molecule has 3 aromatic rings. The molecule has 3 rings (SSSR count). The number of ether oxygens (including phenoxy) is 1. The van der Waals surface area contributed by atoms with Gasteiger partial charge in [0.25, 0.3) is 0 Å². The molecule has 0 saturated heterocycles. The van der Waals surface area contributed by atoms with Gasteiger partial charge in [-0.15, -0.1) is 0 Å². The molecule has 0 fully saturated rings. The highest BCUT2D eigenvalue weighted by atomic mass is 16.5. The Morgan fingerprint density at radius 3 is 1.68 bits per heavy atom.